The van der Waals surface area contributed by atoms with Crippen molar-refractivity contribution in [3.8, 4) is 5.75 Å². The molecule has 2 aliphatic rings. The van der Waals surface area contributed by atoms with Crippen LogP contribution in [0, 0.1) is 12.7 Å². The summed E-state index contributed by atoms with van der Waals surface area (Å²) >= 11 is 6.43. The van der Waals surface area contributed by atoms with Crippen LogP contribution < -0.4 is 10.5 Å². The molecule has 10 nitrogen and oxygen atoms in total. The Morgan fingerprint density at radius 3 is 2.68 bits per heavy atom. The molecule has 204 valence electrons. The van der Waals surface area contributed by atoms with Crippen molar-refractivity contribution in [1.82, 2.24) is 29.5 Å². The van der Waals surface area contributed by atoms with Crippen LogP contribution in [-0.4, -0.2) is 73.0 Å². The van der Waals surface area contributed by atoms with E-state index in [0.717, 1.165) is 0 Å². The number of hydrogen-bond acceptors (Lipinski definition) is 8. The van der Waals surface area contributed by atoms with Crippen molar-refractivity contribution in [1.29, 1.82) is 0 Å². The van der Waals surface area contributed by atoms with Crippen molar-refractivity contribution in [2.45, 2.75) is 71.9 Å². The third kappa shape index (κ3) is 4.73. The highest BCUT2D eigenvalue weighted by molar-refractivity contribution is 6.31. The predicted molar refractivity (Wildman–Crippen MR) is 142 cm³/mol. The Balaban J connectivity index is 1.46. The van der Waals surface area contributed by atoms with Gasteiger partial charge in [0, 0.05) is 43.3 Å². The van der Waals surface area contributed by atoms with Gasteiger partial charge in [-0.1, -0.05) is 11.6 Å². The second kappa shape index (κ2) is 9.53. The number of anilines is 1. The average molecular weight is 546 g/mol. The van der Waals surface area contributed by atoms with E-state index in [0.29, 0.717) is 65.6 Å². The largest absolute Gasteiger partial charge is 0.489 e. The van der Waals surface area contributed by atoms with Crippen LogP contribution >= 0.6 is 11.6 Å². The summed E-state index contributed by atoms with van der Waals surface area (Å²) < 4.78 is 29.1. The zero-order chi connectivity index (χ0) is 27.5. The number of fused-ring (bicyclic) bond motifs is 2. The molecule has 0 spiro atoms. The van der Waals surface area contributed by atoms with E-state index in [1.54, 1.807) is 15.6 Å². The fourth-order valence-electron chi connectivity index (χ4n) is 5.12. The van der Waals surface area contributed by atoms with Crippen LogP contribution in [-0.2, 0) is 11.3 Å². The first kappa shape index (κ1) is 26.4. The average Bonchev–Trinajstić information content (AvgIpc) is 3.02. The Kier molecular flexibility index (Phi) is 6.63. The number of aryl methyl sites for hydroxylation is 1. The summed E-state index contributed by atoms with van der Waals surface area (Å²) in [5.41, 5.74) is 7.89. The molecular weight excluding hydrogens is 513 g/mol. The lowest BCUT2D eigenvalue weighted by molar-refractivity contribution is -0.0207. The van der Waals surface area contributed by atoms with E-state index in [-0.39, 0.29) is 29.3 Å². The van der Waals surface area contributed by atoms with Crippen molar-refractivity contribution in [3.63, 3.8) is 0 Å². The van der Waals surface area contributed by atoms with E-state index in [2.05, 4.69) is 20.0 Å². The number of nitrogens with zero attached hydrogens (tertiary/aromatic N) is 6. The zero-order valence-electron chi connectivity index (χ0n) is 22.5. The van der Waals surface area contributed by atoms with Crippen molar-refractivity contribution in [3.05, 3.63) is 40.1 Å². The molecule has 2 aliphatic heterocycles. The number of carbonyl (C=O) groups excluding carboxylic acids is 1. The normalized spacial score (nSPS) is 19.5. The van der Waals surface area contributed by atoms with Gasteiger partial charge in [-0.25, -0.2) is 23.8 Å². The molecule has 5 rings (SSSR count). The minimum Gasteiger partial charge on any atom is -0.489 e. The molecule has 1 aromatic carbocycles. The standard InChI is InChI=1S/C26H33ClFN7O3/c1-13-8-33(16-9-34(10-16)25(36)38-26(4,5)6)11-18-21(28)19(27)7-17(22(18)37-13)15(3)35-24-20(14(2)32-35)23(29)30-12-31-24/h7,12-13,15-16H,8-11H2,1-6H3,(H2,29,30,31)/t13-,15?/m1/s1. The molecule has 4 heterocycles. The fraction of sp³-hybridized carbons (Fsp3) is 0.538. The van der Waals surface area contributed by atoms with Gasteiger partial charge in [0.1, 0.15) is 35.4 Å². The number of halogens is 2. The van der Waals surface area contributed by atoms with Gasteiger partial charge in [0.2, 0.25) is 0 Å². The van der Waals surface area contributed by atoms with Gasteiger partial charge in [0.15, 0.2) is 5.65 Å². The molecule has 3 aromatic rings. The van der Waals surface area contributed by atoms with Gasteiger partial charge in [0.25, 0.3) is 0 Å². The first-order valence-electron chi connectivity index (χ1n) is 12.7. The summed E-state index contributed by atoms with van der Waals surface area (Å²) in [4.78, 5) is 24.7. The van der Waals surface area contributed by atoms with E-state index >= 15 is 4.39 Å². The summed E-state index contributed by atoms with van der Waals surface area (Å²) in [6.45, 7) is 13.1. The minimum atomic E-state index is -0.560. The van der Waals surface area contributed by atoms with Crippen LogP contribution in [0.3, 0.4) is 0 Å². The molecule has 0 aliphatic carbocycles. The zero-order valence-corrected chi connectivity index (χ0v) is 23.2. The van der Waals surface area contributed by atoms with Crippen LogP contribution in [0.1, 0.15) is 57.5 Å². The van der Waals surface area contributed by atoms with Gasteiger partial charge in [-0.2, -0.15) is 5.10 Å². The number of carbonyl (C=O) groups is 1. The SMILES string of the molecule is Cc1nn(C(C)c2cc(Cl)c(F)c3c2O[C@H](C)CN(C2CN(C(=O)OC(C)(C)C)C2)C3)c2ncnc(N)c12. The third-order valence-electron chi connectivity index (χ3n) is 7.01. The Hall–Kier alpha value is -3.18. The Morgan fingerprint density at radius 2 is 2.00 bits per heavy atom. The molecule has 1 amide bonds. The van der Waals surface area contributed by atoms with E-state index in [1.165, 1.54) is 6.33 Å². The first-order chi connectivity index (χ1) is 17.8. The van der Waals surface area contributed by atoms with Gasteiger partial charge in [-0.15, -0.1) is 0 Å². The number of rotatable bonds is 3. The minimum absolute atomic E-state index is 0.00928. The highest BCUT2D eigenvalue weighted by atomic mass is 35.5. The molecule has 0 radical (unpaired) electrons. The van der Waals surface area contributed by atoms with Gasteiger partial charge >= 0.3 is 6.09 Å². The van der Waals surface area contributed by atoms with Gasteiger partial charge in [0.05, 0.1) is 22.1 Å². The number of benzene rings is 1. The second-order valence-corrected chi connectivity index (χ2v) is 11.5. The molecule has 38 heavy (non-hydrogen) atoms. The quantitative estimate of drug-likeness (QED) is 0.518. The van der Waals surface area contributed by atoms with E-state index in [4.69, 9.17) is 26.8 Å². The summed E-state index contributed by atoms with van der Waals surface area (Å²) in [7, 11) is 0. The molecule has 2 aromatic heterocycles. The van der Waals surface area contributed by atoms with Crippen LogP contribution in [0.4, 0.5) is 15.0 Å². The number of hydrogen-bond donors (Lipinski definition) is 1. The number of ether oxygens (including phenoxy) is 2. The van der Waals surface area contributed by atoms with Gasteiger partial charge < -0.3 is 20.1 Å². The highest BCUT2D eigenvalue weighted by Crippen LogP contribution is 2.41. The van der Waals surface area contributed by atoms with Crippen molar-refractivity contribution >= 4 is 34.5 Å². The lowest BCUT2D eigenvalue weighted by Crippen LogP contribution is -2.62. The molecule has 2 atom stereocenters. The molecule has 1 fully saturated rings. The number of nitrogens with two attached hydrogens (primary N) is 1. The molecule has 12 heteroatoms. The molecule has 1 saturated heterocycles. The molecular formula is C26H33ClFN7O3. The molecule has 0 bridgehead atoms. The van der Waals surface area contributed by atoms with Crippen molar-refractivity contribution < 1.29 is 18.7 Å². The number of aromatic nitrogens is 4. The van der Waals surface area contributed by atoms with Crippen LogP contribution in [0.2, 0.25) is 5.02 Å². The summed E-state index contributed by atoms with van der Waals surface area (Å²) in [6.07, 6.45) is 0.827. The Bertz CT molecular complexity index is 1400. The lowest BCUT2D eigenvalue weighted by atomic mass is 10.0. The van der Waals surface area contributed by atoms with E-state index in [1.807, 2.05) is 41.5 Å². The van der Waals surface area contributed by atoms with Crippen molar-refractivity contribution in [2.75, 3.05) is 25.4 Å². The third-order valence-corrected chi connectivity index (χ3v) is 7.28. The second-order valence-electron chi connectivity index (χ2n) is 11.1. The fourth-order valence-corrected chi connectivity index (χ4v) is 5.35. The maximum atomic E-state index is 15.5. The van der Waals surface area contributed by atoms with Gasteiger partial charge in [-0.05, 0) is 47.6 Å². The Labute approximate surface area is 225 Å². The molecule has 1 unspecified atom stereocenters. The molecule has 2 N–H and O–H groups in total. The number of nitrogen functional groups attached to an aromatic ring is 1. The smallest absolute Gasteiger partial charge is 0.410 e. The monoisotopic (exact) mass is 545 g/mol. The first-order valence-corrected chi connectivity index (χ1v) is 13.1. The highest BCUT2D eigenvalue weighted by Gasteiger charge is 2.40. The summed E-state index contributed by atoms with van der Waals surface area (Å²) in [5.74, 6) is 0.303. The number of likely N-dealkylation sites (tertiary alicyclic amines) is 1. The summed E-state index contributed by atoms with van der Waals surface area (Å²) in [6, 6.07) is 1.28. The summed E-state index contributed by atoms with van der Waals surface area (Å²) in [5, 5.41) is 5.36. The van der Waals surface area contributed by atoms with E-state index in [9.17, 15) is 4.79 Å². The van der Waals surface area contributed by atoms with Gasteiger partial charge in [-0.3, -0.25) is 4.90 Å². The maximum absolute atomic E-state index is 15.5. The van der Waals surface area contributed by atoms with Crippen LogP contribution in [0.25, 0.3) is 11.0 Å². The maximum Gasteiger partial charge on any atom is 0.410 e. The van der Waals surface area contributed by atoms with Crippen LogP contribution in [0.15, 0.2) is 12.4 Å². The predicted octanol–water partition coefficient (Wildman–Crippen LogP) is 4.32. The van der Waals surface area contributed by atoms with Crippen LogP contribution in [0.5, 0.6) is 5.75 Å². The van der Waals surface area contributed by atoms with Crippen molar-refractivity contribution in [2.24, 2.45) is 0 Å². The topological polar surface area (TPSA) is 112 Å². The van der Waals surface area contributed by atoms with E-state index < -0.39 is 11.4 Å². The number of amides is 1. The Morgan fingerprint density at radius 1 is 1.29 bits per heavy atom. The lowest BCUT2D eigenvalue weighted by Gasteiger charge is -2.45. The molecule has 0 saturated carbocycles.